The highest BCUT2D eigenvalue weighted by Crippen LogP contribution is 2.64. The molecular weight excluding hydrogens is 1930 g/mol. The molecule has 28 rings (SSSR count). The van der Waals surface area contributed by atoms with Gasteiger partial charge in [-0.15, -0.1) is 36.6 Å². The first-order valence-electron chi connectivity index (χ1n) is 53.2. The molecule has 18 heterocycles. The highest BCUT2D eigenvalue weighted by molar-refractivity contribution is 8.01. The van der Waals surface area contributed by atoms with E-state index in [-0.39, 0.29) is 100 Å². The number of aromatic hydroxyl groups is 1. The molecule has 22 nitrogen and oxygen atoms in total. The second-order valence-electron chi connectivity index (χ2n) is 45.2. The van der Waals surface area contributed by atoms with Gasteiger partial charge in [0.15, 0.2) is 33.6 Å². The summed E-state index contributed by atoms with van der Waals surface area (Å²) in [5, 5.41) is 17.1. The Morgan fingerprint density at radius 1 is 0.383 bits per heavy atom. The van der Waals surface area contributed by atoms with Crippen LogP contribution in [0.2, 0.25) is 0 Å². The fourth-order valence-corrected chi connectivity index (χ4v) is 39.4. The lowest BCUT2D eigenvalue weighted by Crippen LogP contribution is -2.48. The molecule has 12 bridgehead atoms. The number of piperidine rings is 6. The number of fused-ring (bicyclic) bond motifs is 18. The monoisotopic (exact) mass is 2080 g/mol. The number of alkyl carbamates (subject to hydrolysis) is 1. The van der Waals surface area contributed by atoms with Crippen molar-refractivity contribution >= 4 is 137 Å². The van der Waals surface area contributed by atoms with Crippen molar-refractivity contribution in [2.75, 3.05) is 57.8 Å². The van der Waals surface area contributed by atoms with Crippen molar-refractivity contribution in [1.82, 2.24) is 34.7 Å². The maximum atomic E-state index is 12.0. The summed E-state index contributed by atoms with van der Waals surface area (Å²) in [5.41, 5.74) is 7.83. The van der Waals surface area contributed by atoms with Gasteiger partial charge < -0.3 is 43.6 Å². The first-order valence-corrected chi connectivity index (χ1v) is 59.5. The van der Waals surface area contributed by atoms with E-state index in [9.17, 15) is 38.7 Å². The third-order valence-electron chi connectivity index (χ3n) is 36.8. The number of halogens is 2. The number of phenols is 1. The van der Waals surface area contributed by atoms with E-state index < -0.39 is 5.60 Å². The second-order valence-corrected chi connectivity index (χ2v) is 52.9. The number of rotatable bonds is 15. The predicted molar refractivity (Wildman–Crippen MR) is 562 cm³/mol. The number of phenolic OH excluding ortho intramolecular Hbond substituents is 1. The molecule has 141 heavy (non-hydrogen) atoms. The third-order valence-corrected chi connectivity index (χ3v) is 45.0. The van der Waals surface area contributed by atoms with Gasteiger partial charge >= 0.3 is 41.9 Å². The SMILES string of the molecule is CC(C)(C)OC(=O)NCCSC1CC2=CC(=O)O[C@@]23C[C@@H]1N1CCCC[C@@H]13.CSC1CC2=CC(=O)O[C@@]23C[C@@H]1N1CCCC[C@@H]13.Cl.Cl.O=C1C=C2CC(SC3CCCC3)[C@@H]3C[C@@]2(O1)[C@H]1CCCCN31.O=C1C=C2CC(SCc3ccccc3)[C@@H]3C[C@@]2(O1)[C@H]1CCCCN31.O=C1C=C2CC(SCc3ccccc3O)[C@@H]3C[C@@]2(O1)[C@H]1CCCCN31.O=C1C=C2CC(Sc3ccccc3)[C@@H]3C[C@@]2(O1)[C@H]1CCCCN31. The Morgan fingerprint density at radius 3 is 1.06 bits per heavy atom. The first-order chi connectivity index (χ1) is 67.5. The summed E-state index contributed by atoms with van der Waals surface area (Å²) in [6.07, 6.45) is 52.4. The fourth-order valence-electron chi connectivity index (χ4n) is 31.3. The number of nitrogens with zero attached hydrogens (tertiary/aromatic N) is 6. The maximum absolute atomic E-state index is 12.0. The Balaban J connectivity index is 0.000000100. The average molecular weight is 2080 g/mol. The highest BCUT2D eigenvalue weighted by Gasteiger charge is 2.71. The van der Waals surface area contributed by atoms with Crippen LogP contribution < -0.4 is 5.32 Å². The van der Waals surface area contributed by atoms with Gasteiger partial charge in [-0.1, -0.05) is 118 Å². The van der Waals surface area contributed by atoms with Crippen molar-refractivity contribution in [3.05, 3.63) is 166 Å². The maximum Gasteiger partial charge on any atom is 0.407 e. The summed E-state index contributed by atoms with van der Waals surface area (Å²) in [7, 11) is 0. The van der Waals surface area contributed by atoms with Crippen LogP contribution in [0.4, 0.5) is 4.79 Å². The molecule has 1 amide bonds. The average Bonchev–Trinajstić information content (AvgIpc) is 1.55. The molecule has 25 aliphatic rings. The summed E-state index contributed by atoms with van der Waals surface area (Å²) < 4.78 is 40.8. The zero-order valence-electron chi connectivity index (χ0n) is 82.2. The van der Waals surface area contributed by atoms with Gasteiger partial charge in [-0.05, 0) is 252 Å². The summed E-state index contributed by atoms with van der Waals surface area (Å²) in [5.74, 6) is 2.37. The number of benzene rings is 3. The van der Waals surface area contributed by atoms with Gasteiger partial charge in [-0.2, -0.15) is 58.8 Å². The largest absolute Gasteiger partial charge is 0.508 e. The zero-order valence-corrected chi connectivity index (χ0v) is 88.8. The summed E-state index contributed by atoms with van der Waals surface area (Å²) >= 11 is 12.1. The van der Waals surface area contributed by atoms with E-state index in [2.05, 4.69) is 125 Å². The van der Waals surface area contributed by atoms with E-state index in [0.29, 0.717) is 116 Å². The van der Waals surface area contributed by atoms with Crippen molar-refractivity contribution in [3.8, 4) is 5.75 Å². The van der Waals surface area contributed by atoms with Crippen LogP contribution in [0.15, 0.2) is 160 Å². The first kappa shape index (κ1) is 101. The number of para-hydroxylation sites is 1. The summed E-state index contributed by atoms with van der Waals surface area (Å²) in [4.78, 5) is 101. The number of carbonyl (C=O) groups is 7. The van der Waals surface area contributed by atoms with Crippen LogP contribution >= 0.6 is 95.4 Å². The number of esters is 6. The number of hydrogen-bond acceptors (Lipinski definition) is 27. The molecule has 12 saturated heterocycles. The van der Waals surface area contributed by atoms with E-state index in [1.807, 2.05) is 98.2 Å². The van der Waals surface area contributed by atoms with Crippen LogP contribution in [0.5, 0.6) is 5.75 Å². The Hall–Kier alpha value is -5.57. The van der Waals surface area contributed by atoms with Crippen LogP contribution in [-0.2, 0) is 73.4 Å². The van der Waals surface area contributed by atoms with E-state index in [0.717, 1.165) is 138 Å². The fraction of sp³-hybridized carbons (Fsp3) is 0.667. The topological polar surface area (TPSA) is 236 Å². The Morgan fingerprint density at radius 2 is 0.688 bits per heavy atom. The van der Waals surface area contributed by atoms with Crippen LogP contribution in [0.3, 0.4) is 0 Å². The van der Waals surface area contributed by atoms with Crippen LogP contribution in [-0.4, -0.2) is 283 Å². The van der Waals surface area contributed by atoms with E-state index >= 15 is 0 Å². The number of hydrogen-bond donors (Lipinski definition) is 2. The number of ether oxygens (including phenoxy) is 7. The minimum atomic E-state index is -0.474. The van der Waals surface area contributed by atoms with Gasteiger partial charge in [0.05, 0.1) is 36.3 Å². The van der Waals surface area contributed by atoms with Crippen LogP contribution in [0.25, 0.3) is 0 Å². The van der Waals surface area contributed by atoms with Crippen molar-refractivity contribution < 1.29 is 71.8 Å². The van der Waals surface area contributed by atoms with Crippen LogP contribution in [0, 0.1) is 0 Å². The Labute approximate surface area is 870 Å². The summed E-state index contributed by atoms with van der Waals surface area (Å²) in [6, 6.07) is 34.8. The van der Waals surface area contributed by atoms with Crippen molar-refractivity contribution in [1.29, 1.82) is 0 Å². The number of thioether (sulfide) groups is 6. The molecule has 3 aromatic carbocycles. The molecule has 7 saturated carbocycles. The predicted octanol–water partition coefficient (Wildman–Crippen LogP) is 19.1. The zero-order chi connectivity index (χ0) is 94.9. The molecule has 0 aromatic heterocycles. The molecule has 18 aliphatic heterocycles. The molecule has 2 N–H and O–H groups in total. The smallest absolute Gasteiger partial charge is 0.407 e. The minimum absolute atomic E-state index is 0. The van der Waals surface area contributed by atoms with E-state index in [4.69, 9.17) is 33.2 Å². The molecule has 762 valence electrons. The van der Waals surface area contributed by atoms with Crippen molar-refractivity contribution in [3.63, 3.8) is 0 Å². The van der Waals surface area contributed by atoms with Gasteiger partial charge in [-0.3, -0.25) is 29.4 Å². The standard InChI is InChI=1S/C20H30N2O4S.C20H23NO3S.C20H23NO2S.C19H21NO2S.C18H25NO2S.C14H19NO2S.2ClH/c1-19(2,3)26-18(24)21-7-9-27-15-10-13-11-17(23)25-20(13)12-14(15)22-8-5-4-6-16(20)22;22-16-6-2-1-5-13(16)12-25-17-9-14-10-19(23)24-20(14)11-15(17)21-8-4-3-7-18(20)21;22-19-11-15-10-17(24-13-14-6-2-1-3-7-14)16-12-20(15,23-19)18-8-4-5-9-21(16)18;21-18-11-13-10-16(23-14-6-2-1-3-7-14)15-12-19(13,22-18)17-8-4-5-9-20(15)17;20-17-10-12-9-15(22-13-5-1-2-6-13)14-11-18(12,21-17)16-7-3-4-8-19(14)16;1-18-11-6-9-7-13(16)17-14(9)8-10(11)15-5-3-2-4-12(14)15;;/h11,14-16H,4-10,12H2,1-3H3,(H,21,24);1-2,5-6,10,15,17-18,22H,3-4,7-9,11-12H2;1-3,6-7,11,16-18H,4-5,8-10,12-13H2;1-3,6-7,11,15-17H,4-5,8-10,12H2;10,13-16H,1-9,11H2;7,10-12H,2-6,8H2,1H3;2*1H/t14-,15?,16+,20-;15-,17?,18+,20-;16-,17?,18+,20-;15-,16?,17+,19-;14-,15?,16+,18-;10-,11?,12+,14-;;/m000000../s1. The van der Waals surface area contributed by atoms with Gasteiger partial charge in [0.2, 0.25) is 0 Å². The lowest BCUT2D eigenvalue weighted by atomic mass is 9.77. The van der Waals surface area contributed by atoms with Gasteiger partial charge in [0.1, 0.15) is 11.4 Å². The van der Waals surface area contributed by atoms with Crippen LogP contribution in [0.1, 0.15) is 250 Å². The molecule has 19 fully saturated rings. The molecule has 24 atom stereocenters. The molecule has 3 aromatic rings. The molecule has 30 heteroatoms. The Kier molecular flexibility index (Phi) is 29.7. The highest BCUT2D eigenvalue weighted by atomic mass is 35.5. The Bertz CT molecular complexity index is 5410. The van der Waals surface area contributed by atoms with E-state index in [1.54, 1.807) is 30.4 Å². The van der Waals surface area contributed by atoms with Gasteiger partial charge in [0.25, 0.3) is 0 Å². The molecule has 6 spiro atoms. The lowest BCUT2D eigenvalue weighted by molar-refractivity contribution is -0.149. The molecular formula is C111H143Cl2N7O15S6. The minimum Gasteiger partial charge on any atom is -0.508 e. The number of carbonyl (C=O) groups excluding carboxylic acids is 7. The molecule has 6 unspecified atom stereocenters. The lowest BCUT2D eigenvalue weighted by Gasteiger charge is -2.38. The molecule has 7 aliphatic carbocycles. The molecule has 0 radical (unpaired) electrons. The van der Waals surface area contributed by atoms with Gasteiger partial charge in [-0.25, -0.2) is 33.6 Å². The van der Waals surface area contributed by atoms with E-state index in [1.165, 1.54) is 192 Å². The number of nitrogens with one attached hydrogen (secondary N) is 1. The van der Waals surface area contributed by atoms with Crippen molar-refractivity contribution in [2.45, 2.75) is 404 Å². The third kappa shape index (κ3) is 18.8. The quantitative estimate of drug-likeness (QED) is 0.0817. The number of amides is 1. The van der Waals surface area contributed by atoms with Crippen molar-refractivity contribution in [2.24, 2.45) is 0 Å². The van der Waals surface area contributed by atoms with Gasteiger partial charge in [0, 0.05) is 182 Å². The normalized spacial score (nSPS) is 38.8. The second kappa shape index (κ2) is 41.4. The summed E-state index contributed by atoms with van der Waals surface area (Å²) in [6.45, 7) is 13.1.